The van der Waals surface area contributed by atoms with Crippen molar-refractivity contribution >= 4 is 11.4 Å². The minimum Gasteiger partial charge on any atom is -0.380 e. The smallest absolute Gasteiger partial charge is 0.360 e. The summed E-state index contributed by atoms with van der Waals surface area (Å²) in [6.07, 6.45) is 0. The first-order valence-corrected chi connectivity index (χ1v) is 6.70. The second-order valence-electron chi connectivity index (χ2n) is 3.91. The van der Waals surface area contributed by atoms with Gasteiger partial charge < -0.3 is 4.18 Å². The van der Waals surface area contributed by atoms with Crippen molar-refractivity contribution in [3.05, 3.63) is 65.0 Å². The number of hydrogen-bond acceptors (Lipinski definition) is 3. The molecule has 0 saturated heterocycles. The van der Waals surface area contributed by atoms with Gasteiger partial charge in [0.15, 0.2) is 23.3 Å². The monoisotopic (exact) mass is 338 g/mol. The Hall–Kier alpha value is -2.00. The minimum absolute atomic E-state index is 0.137. The number of benzene rings is 2. The molecule has 0 saturated carbocycles. The van der Waals surface area contributed by atoms with Crippen molar-refractivity contribution in [2.75, 3.05) is 0 Å². The van der Waals surface area contributed by atoms with Gasteiger partial charge in [0.2, 0.25) is 5.82 Å². The summed E-state index contributed by atoms with van der Waals surface area (Å²) in [6, 6.07) is 7.65. The largest absolute Gasteiger partial charge is 0.380 e. The number of hydrogen-bond donors (Lipinski definition) is 0. The number of para-hydroxylation sites is 1. The molecule has 0 aliphatic heterocycles. The Morgan fingerprint density at radius 1 is 0.818 bits per heavy atom. The molecule has 0 fully saturated rings. The molecule has 0 bridgehead atoms. The molecule has 2 rings (SSSR count). The third-order valence-electron chi connectivity index (χ3n) is 2.51. The predicted octanol–water partition coefficient (Wildman–Crippen LogP) is 3.56. The highest BCUT2D eigenvalue weighted by molar-refractivity contribution is 7.75. The first-order valence-electron chi connectivity index (χ1n) is 5.70. The second-order valence-corrected chi connectivity index (χ2v) is 4.72. The fourth-order valence-corrected chi connectivity index (χ4v) is 1.99. The van der Waals surface area contributed by atoms with Crippen molar-refractivity contribution < 1.29 is 34.5 Å². The van der Waals surface area contributed by atoms with Crippen LogP contribution in [-0.2, 0) is 22.2 Å². The summed E-state index contributed by atoms with van der Waals surface area (Å²) >= 11 is -2.48. The lowest BCUT2D eigenvalue weighted by Crippen LogP contribution is -2.11. The van der Waals surface area contributed by atoms with Crippen LogP contribution in [0.1, 0.15) is 5.56 Å². The quantitative estimate of drug-likeness (QED) is 0.475. The van der Waals surface area contributed by atoms with Gasteiger partial charge in [0.1, 0.15) is 5.75 Å². The fourth-order valence-electron chi connectivity index (χ4n) is 1.46. The average Bonchev–Trinajstić information content (AvgIpc) is 2.52. The van der Waals surface area contributed by atoms with Gasteiger partial charge in [-0.3, -0.25) is 4.18 Å². The summed E-state index contributed by atoms with van der Waals surface area (Å²) < 4.78 is 86.0. The van der Waals surface area contributed by atoms with Gasteiger partial charge in [-0.25, -0.2) is 22.0 Å². The lowest BCUT2D eigenvalue weighted by Gasteiger charge is -2.08. The van der Waals surface area contributed by atoms with E-state index in [1.165, 1.54) is 12.1 Å². The third kappa shape index (κ3) is 3.42. The molecule has 1 atom stereocenters. The molecule has 0 N–H and O–H groups in total. The first-order chi connectivity index (χ1) is 10.4. The summed E-state index contributed by atoms with van der Waals surface area (Å²) in [5.74, 6) is -10.4. The summed E-state index contributed by atoms with van der Waals surface area (Å²) in [4.78, 5) is 0. The van der Waals surface area contributed by atoms with Crippen LogP contribution in [0, 0.1) is 29.1 Å². The van der Waals surface area contributed by atoms with Crippen molar-refractivity contribution in [1.82, 2.24) is 0 Å². The zero-order chi connectivity index (χ0) is 16.3. The van der Waals surface area contributed by atoms with E-state index in [1.54, 1.807) is 18.2 Å². The fraction of sp³-hybridized carbons (Fsp3) is 0.0769. The second kappa shape index (κ2) is 6.84. The van der Waals surface area contributed by atoms with Gasteiger partial charge in [-0.15, -0.1) is 0 Å². The van der Waals surface area contributed by atoms with E-state index in [2.05, 4.69) is 4.18 Å². The van der Waals surface area contributed by atoms with Crippen LogP contribution in [-0.4, -0.2) is 4.21 Å². The van der Waals surface area contributed by atoms with E-state index in [0.29, 0.717) is 0 Å². The van der Waals surface area contributed by atoms with Crippen LogP contribution in [0.4, 0.5) is 22.0 Å². The van der Waals surface area contributed by atoms with Crippen molar-refractivity contribution in [3.63, 3.8) is 0 Å². The molecule has 2 aromatic carbocycles. The minimum atomic E-state index is -2.48. The van der Waals surface area contributed by atoms with Gasteiger partial charge in [0.05, 0.1) is 12.2 Å². The van der Waals surface area contributed by atoms with E-state index in [0.717, 1.165) is 0 Å². The molecule has 0 heterocycles. The molecule has 0 radical (unpaired) electrons. The van der Waals surface area contributed by atoms with Crippen molar-refractivity contribution in [3.8, 4) is 5.75 Å². The molecule has 9 heteroatoms. The van der Waals surface area contributed by atoms with Gasteiger partial charge in [-0.05, 0) is 12.1 Å². The Kier molecular flexibility index (Phi) is 5.09. The van der Waals surface area contributed by atoms with E-state index >= 15 is 0 Å². The molecular formula is C13H7F5O3S. The Labute approximate surface area is 124 Å². The van der Waals surface area contributed by atoms with E-state index in [1.807, 2.05) is 0 Å². The van der Waals surface area contributed by atoms with Crippen LogP contribution in [0.2, 0.25) is 0 Å². The van der Waals surface area contributed by atoms with Gasteiger partial charge in [-0.1, -0.05) is 18.2 Å². The van der Waals surface area contributed by atoms with Crippen LogP contribution >= 0.6 is 0 Å². The Morgan fingerprint density at radius 2 is 1.32 bits per heavy atom. The number of rotatable bonds is 5. The SMILES string of the molecule is O=S(OCc1c(F)c(F)c(F)c(F)c1F)Oc1ccccc1. The zero-order valence-electron chi connectivity index (χ0n) is 10.6. The van der Waals surface area contributed by atoms with Crippen LogP contribution < -0.4 is 4.18 Å². The van der Waals surface area contributed by atoms with Crippen molar-refractivity contribution in [2.24, 2.45) is 0 Å². The van der Waals surface area contributed by atoms with Gasteiger partial charge >= 0.3 is 11.4 Å². The molecule has 0 aromatic heterocycles. The normalized spacial score (nSPS) is 12.2. The molecule has 0 aliphatic rings. The van der Waals surface area contributed by atoms with E-state index in [4.69, 9.17) is 4.18 Å². The lowest BCUT2D eigenvalue weighted by molar-refractivity contribution is 0.278. The summed E-state index contributed by atoms with van der Waals surface area (Å²) in [5, 5.41) is 0. The highest BCUT2D eigenvalue weighted by Gasteiger charge is 2.26. The van der Waals surface area contributed by atoms with E-state index < -0.39 is 52.6 Å². The standard InChI is InChI=1S/C13H7F5O3S/c14-9-8(10(15)12(17)13(18)11(9)16)6-20-22(19)21-7-4-2-1-3-5-7/h1-5H,6H2. The summed E-state index contributed by atoms with van der Waals surface area (Å²) in [6.45, 7) is -1.12. The molecule has 0 amide bonds. The van der Waals surface area contributed by atoms with Gasteiger partial charge in [0, 0.05) is 0 Å². The molecular weight excluding hydrogens is 331 g/mol. The number of halogens is 5. The third-order valence-corrected chi connectivity index (χ3v) is 3.15. The maximum atomic E-state index is 13.3. The topological polar surface area (TPSA) is 35.5 Å². The predicted molar refractivity (Wildman–Crippen MR) is 66.2 cm³/mol. The Morgan fingerprint density at radius 3 is 1.86 bits per heavy atom. The molecule has 1 unspecified atom stereocenters. The molecule has 0 aliphatic carbocycles. The van der Waals surface area contributed by atoms with Crippen LogP contribution in [0.3, 0.4) is 0 Å². The first kappa shape index (κ1) is 16.4. The maximum absolute atomic E-state index is 13.3. The zero-order valence-corrected chi connectivity index (χ0v) is 11.4. The van der Waals surface area contributed by atoms with Gasteiger partial charge in [-0.2, -0.15) is 4.21 Å². The van der Waals surface area contributed by atoms with Crippen LogP contribution in [0.5, 0.6) is 5.75 Å². The highest BCUT2D eigenvalue weighted by atomic mass is 32.2. The lowest BCUT2D eigenvalue weighted by atomic mass is 10.2. The van der Waals surface area contributed by atoms with Crippen molar-refractivity contribution in [2.45, 2.75) is 6.61 Å². The van der Waals surface area contributed by atoms with Crippen LogP contribution in [0.15, 0.2) is 30.3 Å². The van der Waals surface area contributed by atoms with Crippen LogP contribution in [0.25, 0.3) is 0 Å². The summed E-state index contributed by atoms with van der Waals surface area (Å²) in [5.41, 5.74) is -1.23. The Bertz CT molecular complexity index is 680. The van der Waals surface area contributed by atoms with Gasteiger partial charge in [0.25, 0.3) is 0 Å². The molecule has 22 heavy (non-hydrogen) atoms. The van der Waals surface area contributed by atoms with Crippen molar-refractivity contribution in [1.29, 1.82) is 0 Å². The van der Waals surface area contributed by atoms with E-state index in [-0.39, 0.29) is 5.75 Å². The Balaban J connectivity index is 2.10. The highest BCUT2D eigenvalue weighted by Crippen LogP contribution is 2.24. The molecule has 2 aromatic rings. The summed E-state index contributed by atoms with van der Waals surface area (Å²) in [7, 11) is 0. The maximum Gasteiger partial charge on any atom is 0.360 e. The average molecular weight is 338 g/mol. The van der Waals surface area contributed by atoms with E-state index in [9.17, 15) is 26.2 Å². The molecule has 3 nitrogen and oxygen atoms in total. The molecule has 0 spiro atoms. The molecule has 118 valence electrons.